The van der Waals surface area contributed by atoms with Gasteiger partial charge in [0.15, 0.2) is 0 Å². The molecule has 0 spiro atoms. The summed E-state index contributed by atoms with van der Waals surface area (Å²) in [4.78, 5) is 13.7. The summed E-state index contributed by atoms with van der Waals surface area (Å²) >= 11 is 4.96. The second kappa shape index (κ2) is 7.92. The zero-order valence-electron chi connectivity index (χ0n) is 11.5. The third kappa shape index (κ3) is 5.55. The summed E-state index contributed by atoms with van der Waals surface area (Å²) in [5, 5.41) is 9.46. The van der Waals surface area contributed by atoms with Crippen LogP contribution in [0, 0.1) is 0 Å². The number of rotatable bonds is 6. The van der Waals surface area contributed by atoms with E-state index in [-0.39, 0.29) is 11.2 Å². The van der Waals surface area contributed by atoms with Crippen LogP contribution in [-0.4, -0.2) is 40.1 Å². The maximum atomic E-state index is 12.0. The molecule has 1 aromatic rings. The van der Waals surface area contributed by atoms with Crippen LogP contribution in [0.2, 0.25) is 0 Å². The van der Waals surface area contributed by atoms with Crippen molar-refractivity contribution in [1.29, 1.82) is 0 Å². The maximum absolute atomic E-state index is 12.0. The Bertz CT molecular complexity index is 426. The summed E-state index contributed by atoms with van der Waals surface area (Å²) in [5.41, 5.74) is 1.09. The lowest BCUT2D eigenvalue weighted by molar-refractivity contribution is -0.127. The minimum atomic E-state index is -0.397. The number of aliphatic hydroxyl groups is 1. The van der Waals surface area contributed by atoms with Crippen LogP contribution in [0.5, 0.6) is 0 Å². The number of carbonyl (C=O) groups excluding carboxylic acids is 1. The monoisotopic (exact) mass is 345 g/mol. The molecule has 0 saturated carbocycles. The zero-order chi connectivity index (χ0) is 14.4. The van der Waals surface area contributed by atoms with Crippen LogP contribution in [0.25, 0.3) is 0 Å². The Morgan fingerprint density at radius 2 is 2.05 bits per heavy atom. The van der Waals surface area contributed by atoms with Gasteiger partial charge in [0, 0.05) is 23.3 Å². The van der Waals surface area contributed by atoms with E-state index in [1.54, 1.807) is 18.9 Å². The fourth-order valence-electron chi connectivity index (χ4n) is 1.42. The molecule has 0 saturated heterocycles. The molecule has 1 amide bonds. The van der Waals surface area contributed by atoms with Crippen molar-refractivity contribution in [2.24, 2.45) is 0 Å². The predicted molar refractivity (Wildman–Crippen MR) is 84.2 cm³/mol. The average molecular weight is 346 g/mol. The minimum absolute atomic E-state index is 0.0702. The van der Waals surface area contributed by atoms with Crippen LogP contribution < -0.4 is 0 Å². The summed E-state index contributed by atoms with van der Waals surface area (Å²) in [6, 6.07) is 7.88. The highest BCUT2D eigenvalue weighted by Gasteiger charge is 2.15. The third-order valence-corrected chi connectivity index (χ3v) is 5.05. The molecule has 1 N–H and O–H groups in total. The first-order valence-corrected chi connectivity index (χ1v) is 8.03. The maximum Gasteiger partial charge on any atom is 0.232 e. The third-order valence-electron chi connectivity index (χ3n) is 2.94. The molecule has 5 heteroatoms. The van der Waals surface area contributed by atoms with Crippen molar-refractivity contribution in [3.63, 3.8) is 0 Å². The van der Waals surface area contributed by atoms with Gasteiger partial charge in [-0.05, 0) is 18.6 Å². The van der Waals surface area contributed by atoms with Gasteiger partial charge in [-0.1, -0.05) is 41.1 Å². The Labute approximate surface area is 127 Å². The van der Waals surface area contributed by atoms with Gasteiger partial charge < -0.3 is 10.0 Å². The van der Waals surface area contributed by atoms with Gasteiger partial charge in [-0.25, -0.2) is 0 Å². The lowest BCUT2D eigenvalue weighted by Crippen LogP contribution is -2.29. The van der Waals surface area contributed by atoms with Crippen molar-refractivity contribution in [3.05, 3.63) is 34.3 Å². The van der Waals surface area contributed by atoms with Gasteiger partial charge in [0.25, 0.3) is 0 Å². The number of aliphatic hydroxyl groups excluding tert-OH is 1. The molecule has 0 aliphatic heterocycles. The predicted octanol–water partition coefficient (Wildman–Crippen LogP) is 2.91. The Morgan fingerprint density at radius 3 is 2.63 bits per heavy atom. The summed E-state index contributed by atoms with van der Waals surface area (Å²) in [6.45, 7) is 4.26. The summed E-state index contributed by atoms with van der Waals surface area (Å²) in [6.07, 6.45) is -0.397. The molecule has 1 aromatic carbocycles. The molecule has 3 nitrogen and oxygen atoms in total. The Kier molecular flexibility index (Phi) is 6.89. The van der Waals surface area contributed by atoms with Crippen LogP contribution in [0.3, 0.4) is 0 Å². The van der Waals surface area contributed by atoms with Crippen LogP contribution in [-0.2, 0) is 11.3 Å². The molecular formula is C14H20BrNO2S. The normalized spacial score (nSPS) is 13.9. The van der Waals surface area contributed by atoms with Gasteiger partial charge in [0.1, 0.15) is 0 Å². The highest BCUT2D eigenvalue weighted by Crippen LogP contribution is 2.19. The van der Waals surface area contributed by atoms with Crippen molar-refractivity contribution in [2.45, 2.75) is 31.7 Å². The highest BCUT2D eigenvalue weighted by atomic mass is 79.9. The molecule has 106 valence electrons. The van der Waals surface area contributed by atoms with E-state index in [2.05, 4.69) is 15.9 Å². The molecule has 0 radical (unpaired) electrons. The Balaban J connectivity index is 2.47. The standard InChI is InChI=1S/C14H20BrNO2S/c1-10(17)11(2)19-9-14(18)16(3)8-12-6-4-5-7-13(12)15/h4-7,10-11,17H,8-9H2,1-3H3. The number of thioether (sulfide) groups is 1. The van der Waals surface area contributed by atoms with E-state index in [0.29, 0.717) is 12.3 Å². The van der Waals surface area contributed by atoms with E-state index in [1.165, 1.54) is 11.8 Å². The summed E-state index contributed by atoms with van der Waals surface area (Å²) < 4.78 is 1.01. The van der Waals surface area contributed by atoms with Gasteiger partial charge in [-0.2, -0.15) is 0 Å². The van der Waals surface area contributed by atoms with E-state index in [1.807, 2.05) is 31.2 Å². The smallest absolute Gasteiger partial charge is 0.232 e. The second-order valence-corrected chi connectivity index (χ2v) is 6.82. The average Bonchev–Trinajstić information content (AvgIpc) is 2.37. The quantitative estimate of drug-likeness (QED) is 0.861. The molecule has 1 rings (SSSR count). The van der Waals surface area contributed by atoms with Crippen molar-refractivity contribution in [1.82, 2.24) is 4.90 Å². The van der Waals surface area contributed by atoms with Gasteiger partial charge in [0.05, 0.1) is 11.9 Å². The molecule has 0 bridgehead atoms. The van der Waals surface area contributed by atoms with Crippen LogP contribution in [0.4, 0.5) is 0 Å². The Morgan fingerprint density at radius 1 is 1.42 bits per heavy atom. The van der Waals surface area contributed by atoms with Crippen LogP contribution in [0.1, 0.15) is 19.4 Å². The van der Waals surface area contributed by atoms with E-state index < -0.39 is 6.10 Å². The number of carbonyl (C=O) groups is 1. The zero-order valence-corrected chi connectivity index (χ0v) is 13.9. The summed E-state index contributed by atoms with van der Waals surface area (Å²) in [7, 11) is 1.80. The van der Waals surface area contributed by atoms with Crippen molar-refractivity contribution in [3.8, 4) is 0 Å². The van der Waals surface area contributed by atoms with Crippen molar-refractivity contribution in [2.75, 3.05) is 12.8 Å². The molecule has 19 heavy (non-hydrogen) atoms. The molecule has 2 atom stereocenters. The lowest BCUT2D eigenvalue weighted by Gasteiger charge is -2.20. The Hall–Kier alpha value is -0.520. The van der Waals surface area contributed by atoms with Crippen molar-refractivity contribution >= 4 is 33.6 Å². The van der Waals surface area contributed by atoms with E-state index >= 15 is 0 Å². The van der Waals surface area contributed by atoms with Crippen molar-refractivity contribution < 1.29 is 9.90 Å². The minimum Gasteiger partial charge on any atom is -0.392 e. The molecule has 0 aliphatic rings. The first kappa shape index (κ1) is 16.5. The fraction of sp³-hybridized carbons (Fsp3) is 0.500. The molecule has 0 aromatic heterocycles. The van der Waals surface area contributed by atoms with Gasteiger partial charge in [-0.3, -0.25) is 4.79 Å². The highest BCUT2D eigenvalue weighted by molar-refractivity contribution is 9.10. The molecule has 0 fully saturated rings. The molecule has 0 heterocycles. The van der Waals surface area contributed by atoms with Gasteiger partial charge in [-0.15, -0.1) is 11.8 Å². The fourth-order valence-corrected chi connectivity index (χ4v) is 2.74. The number of halogens is 1. The largest absolute Gasteiger partial charge is 0.392 e. The SMILES string of the molecule is CC(O)C(C)SCC(=O)N(C)Cc1ccccc1Br. The summed E-state index contributed by atoms with van der Waals surface area (Å²) in [5.74, 6) is 0.473. The number of nitrogens with zero attached hydrogens (tertiary/aromatic N) is 1. The first-order chi connectivity index (χ1) is 8.91. The number of hydrogen-bond acceptors (Lipinski definition) is 3. The van der Waals surface area contributed by atoms with E-state index in [9.17, 15) is 9.90 Å². The molecule has 2 unspecified atom stereocenters. The van der Waals surface area contributed by atoms with Gasteiger partial charge >= 0.3 is 0 Å². The van der Waals surface area contributed by atoms with E-state index in [0.717, 1.165) is 10.0 Å². The van der Waals surface area contributed by atoms with E-state index in [4.69, 9.17) is 0 Å². The number of amides is 1. The number of hydrogen-bond donors (Lipinski definition) is 1. The van der Waals surface area contributed by atoms with Crippen LogP contribution >= 0.6 is 27.7 Å². The molecule has 0 aliphatic carbocycles. The van der Waals surface area contributed by atoms with Gasteiger partial charge in [0.2, 0.25) is 5.91 Å². The second-order valence-electron chi connectivity index (χ2n) is 4.60. The number of benzene rings is 1. The lowest BCUT2D eigenvalue weighted by atomic mass is 10.2. The molecular weight excluding hydrogens is 326 g/mol. The van der Waals surface area contributed by atoms with Crippen LogP contribution in [0.15, 0.2) is 28.7 Å². The first-order valence-electron chi connectivity index (χ1n) is 6.19. The topological polar surface area (TPSA) is 40.5 Å².